The zero-order chi connectivity index (χ0) is 22.0. The van der Waals surface area contributed by atoms with Crippen molar-refractivity contribution in [2.24, 2.45) is 0 Å². The highest BCUT2D eigenvalue weighted by atomic mass is 35.5. The minimum absolute atomic E-state index is 0.0253. The third kappa shape index (κ3) is 4.18. The first-order chi connectivity index (χ1) is 15.0. The van der Waals surface area contributed by atoms with Crippen molar-refractivity contribution >= 4 is 23.5 Å². The number of carbonyl (C=O) groups is 2. The van der Waals surface area contributed by atoms with Gasteiger partial charge < -0.3 is 14.1 Å². The molecule has 1 aliphatic rings. The number of amides is 1. The van der Waals surface area contributed by atoms with Crippen LogP contribution in [-0.2, 0) is 4.74 Å². The van der Waals surface area contributed by atoms with E-state index in [2.05, 4.69) is 15.2 Å². The van der Waals surface area contributed by atoms with Gasteiger partial charge in [0.2, 0.25) is 16.8 Å². The molecule has 1 aliphatic heterocycles. The number of likely N-dealkylation sites (tertiary alicyclic amines) is 1. The Balaban J connectivity index is 1.59. The lowest BCUT2D eigenvalue weighted by Crippen LogP contribution is -2.45. The molecule has 0 aliphatic carbocycles. The Morgan fingerprint density at radius 3 is 2.71 bits per heavy atom. The topological polar surface area (TPSA) is 103 Å². The first-order valence-corrected chi connectivity index (χ1v) is 10.5. The minimum Gasteiger partial charge on any atom is -0.461 e. The summed E-state index contributed by atoms with van der Waals surface area (Å²) in [5.74, 6) is -0.607. The number of esters is 1. The molecule has 2 atom stereocenters. The zero-order valence-electron chi connectivity index (χ0n) is 17.2. The predicted molar refractivity (Wildman–Crippen MR) is 111 cm³/mol. The van der Waals surface area contributed by atoms with E-state index in [0.29, 0.717) is 23.7 Å². The Hall–Kier alpha value is -3.20. The van der Waals surface area contributed by atoms with Crippen molar-refractivity contribution in [1.82, 2.24) is 24.9 Å². The normalized spacial score (nSPS) is 18.7. The number of hydrogen-bond donors (Lipinski definition) is 0. The van der Waals surface area contributed by atoms with Gasteiger partial charge in [-0.2, -0.15) is 15.0 Å². The minimum atomic E-state index is -0.625. The third-order valence-electron chi connectivity index (χ3n) is 5.33. The van der Waals surface area contributed by atoms with Crippen LogP contribution in [0.5, 0.6) is 0 Å². The van der Waals surface area contributed by atoms with E-state index < -0.39 is 5.97 Å². The molecule has 0 unspecified atom stereocenters. The van der Waals surface area contributed by atoms with Crippen molar-refractivity contribution in [3.05, 3.63) is 59.0 Å². The van der Waals surface area contributed by atoms with Crippen LogP contribution in [0, 0.1) is 0 Å². The van der Waals surface area contributed by atoms with E-state index in [1.807, 2.05) is 19.1 Å². The number of para-hydroxylation sites is 1. The smallest absolute Gasteiger partial charge is 0.361 e. The summed E-state index contributed by atoms with van der Waals surface area (Å²) in [5, 5.41) is 8.21. The maximum absolute atomic E-state index is 13.5. The highest BCUT2D eigenvalue weighted by molar-refractivity contribution is 6.31. The predicted octanol–water partition coefficient (Wildman–Crippen LogP) is 3.49. The Kier molecular flexibility index (Phi) is 6.03. The van der Waals surface area contributed by atoms with Gasteiger partial charge in [-0.05, 0) is 50.4 Å². The van der Waals surface area contributed by atoms with E-state index >= 15 is 0 Å². The van der Waals surface area contributed by atoms with Gasteiger partial charge in [-0.1, -0.05) is 12.1 Å². The van der Waals surface area contributed by atoms with Gasteiger partial charge in [0.05, 0.1) is 36.2 Å². The van der Waals surface area contributed by atoms with Crippen molar-refractivity contribution < 1.29 is 18.7 Å². The highest BCUT2D eigenvalue weighted by Crippen LogP contribution is 2.33. The summed E-state index contributed by atoms with van der Waals surface area (Å²) in [6, 6.07) is 7.24. The molecule has 162 valence electrons. The average Bonchev–Trinajstić information content (AvgIpc) is 3.44. The Labute approximate surface area is 183 Å². The van der Waals surface area contributed by atoms with Gasteiger partial charge in [0.15, 0.2) is 0 Å². The largest absolute Gasteiger partial charge is 0.461 e. The van der Waals surface area contributed by atoms with Gasteiger partial charge in [0.25, 0.3) is 5.91 Å². The lowest BCUT2D eigenvalue weighted by Gasteiger charge is -2.37. The zero-order valence-corrected chi connectivity index (χ0v) is 18.0. The van der Waals surface area contributed by atoms with Crippen LogP contribution in [0.25, 0.3) is 5.69 Å². The molecule has 0 bridgehead atoms. The van der Waals surface area contributed by atoms with Crippen molar-refractivity contribution in [2.75, 3.05) is 13.2 Å². The van der Waals surface area contributed by atoms with Gasteiger partial charge in [-0.3, -0.25) is 4.79 Å². The SMILES string of the molecule is CCOC(=O)c1nc([C@@H]2CC[C@@H](C)N(C(=O)c3ccccc3-n3nccn3)C2)oc1Cl. The number of nitrogens with zero attached hydrogens (tertiary/aromatic N) is 5. The van der Waals surface area contributed by atoms with Crippen LogP contribution in [0.15, 0.2) is 41.1 Å². The number of piperidine rings is 1. The summed E-state index contributed by atoms with van der Waals surface area (Å²) in [6.45, 7) is 4.32. The molecule has 0 spiro atoms. The lowest BCUT2D eigenvalue weighted by molar-refractivity contribution is 0.0517. The van der Waals surface area contributed by atoms with E-state index in [-0.39, 0.29) is 35.4 Å². The highest BCUT2D eigenvalue weighted by Gasteiger charge is 2.35. The Morgan fingerprint density at radius 1 is 1.23 bits per heavy atom. The number of benzene rings is 1. The van der Waals surface area contributed by atoms with Crippen LogP contribution in [0.2, 0.25) is 5.22 Å². The van der Waals surface area contributed by atoms with E-state index in [9.17, 15) is 9.59 Å². The number of rotatable bonds is 5. The summed E-state index contributed by atoms with van der Waals surface area (Å²) >= 11 is 6.07. The summed E-state index contributed by atoms with van der Waals surface area (Å²) in [7, 11) is 0. The summed E-state index contributed by atoms with van der Waals surface area (Å²) in [5.41, 5.74) is 1.07. The Bertz CT molecular complexity index is 1080. The van der Waals surface area contributed by atoms with Crippen molar-refractivity contribution in [2.45, 2.75) is 38.6 Å². The second kappa shape index (κ2) is 8.89. The van der Waals surface area contributed by atoms with Gasteiger partial charge in [0.1, 0.15) is 0 Å². The van der Waals surface area contributed by atoms with Crippen LogP contribution < -0.4 is 0 Å². The molecule has 0 radical (unpaired) electrons. The van der Waals surface area contributed by atoms with Gasteiger partial charge in [-0.15, -0.1) is 0 Å². The number of oxazole rings is 1. The molecule has 4 rings (SSSR count). The molecule has 1 amide bonds. The molecule has 3 heterocycles. The van der Waals surface area contributed by atoms with Gasteiger partial charge >= 0.3 is 5.97 Å². The molecule has 3 aromatic rings. The average molecular weight is 444 g/mol. The second-order valence-electron chi connectivity index (χ2n) is 7.31. The molecule has 31 heavy (non-hydrogen) atoms. The molecule has 1 aromatic carbocycles. The van der Waals surface area contributed by atoms with Crippen LogP contribution in [-0.4, -0.2) is 55.9 Å². The first-order valence-electron chi connectivity index (χ1n) is 10.1. The fourth-order valence-electron chi connectivity index (χ4n) is 3.73. The van der Waals surface area contributed by atoms with Crippen LogP contribution >= 0.6 is 11.6 Å². The monoisotopic (exact) mass is 443 g/mol. The summed E-state index contributed by atoms with van der Waals surface area (Å²) in [4.78, 5) is 33.0. The van der Waals surface area contributed by atoms with Crippen LogP contribution in [0.4, 0.5) is 0 Å². The Morgan fingerprint density at radius 2 is 1.97 bits per heavy atom. The van der Waals surface area contributed by atoms with Crippen LogP contribution in [0.1, 0.15) is 59.3 Å². The molecule has 10 heteroatoms. The first kappa shape index (κ1) is 21.0. The number of ether oxygens (including phenoxy) is 1. The second-order valence-corrected chi connectivity index (χ2v) is 7.65. The third-order valence-corrected chi connectivity index (χ3v) is 5.59. The molecule has 2 aromatic heterocycles. The molecule has 1 fully saturated rings. The standard InChI is InChI=1S/C21H22ClN5O4/c1-3-30-21(29)17-18(22)31-19(25-17)14-9-8-13(2)26(12-14)20(28)15-6-4-5-7-16(15)27-23-10-11-24-27/h4-7,10-11,13-14H,3,8-9,12H2,1-2H3/t13-,14-/m1/s1. The van der Waals surface area contributed by atoms with E-state index in [0.717, 1.165) is 12.8 Å². The molecular formula is C21H22ClN5O4. The number of halogens is 1. The fourth-order valence-corrected chi connectivity index (χ4v) is 3.93. The van der Waals surface area contributed by atoms with E-state index in [1.165, 1.54) is 4.80 Å². The van der Waals surface area contributed by atoms with Gasteiger partial charge in [-0.25, -0.2) is 9.78 Å². The molecule has 0 saturated carbocycles. The quantitative estimate of drug-likeness (QED) is 0.556. The lowest BCUT2D eigenvalue weighted by atomic mass is 9.92. The van der Waals surface area contributed by atoms with E-state index in [4.69, 9.17) is 20.8 Å². The maximum Gasteiger partial charge on any atom is 0.361 e. The molecule has 1 saturated heterocycles. The summed E-state index contributed by atoms with van der Waals surface area (Å²) in [6.07, 6.45) is 4.64. The molecular weight excluding hydrogens is 422 g/mol. The van der Waals surface area contributed by atoms with Crippen molar-refractivity contribution in [3.63, 3.8) is 0 Å². The number of carbonyl (C=O) groups excluding carboxylic acids is 2. The molecule has 0 N–H and O–H groups in total. The van der Waals surface area contributed by atoms with Crippen molar-refractivity contribution in [1.29, 1.82) is 0 Å². The van der Waals surface area contributed by atoms with Crippen molar-refractivity contribution in [3.8, 4) is 5.69 Å². The molecule has 9 nitrogen and oxygen atoms in total. The maximum atomic E-state index is 13.5. The summed E-state index contributed by atoms with van der Waals surface area (Å²) < 4.78 is 10.5. The number of aromatic nitrogens is 4. The number of hydrogen-bond acceptors (Lipinski definition) is 7. The van der Waals surface area contributed by atoms with E-state index in [1.54, 1.807) is 36.4 Å². The van der Waals surface area contributed by atoms with Gasteiger partial charge in [0, 0.05) is 12.6 Å². The fraction of sp³-hybridized carbons (Fsp3) is 0.381. The van der Waals surface area contributed by atoms with Crippen LogP contribution in [0.3, 0.4) is 0 Å².